The first-order chi connectivity index (χ1) is 6.04. The van der Waals surface area contributed by atoms with Crippen molar-refractivity contribution in [3.63, 3.8) is 0 Å². The fourth-order valence-corrected chi connectivity index (χ4v) is 1.36. The van der Waals surface area contributed by atoms with E-state index in [0.717, 1.165) is 4.90 Å². The molecule has 0 aromatic carbocycles. The first kappa shape index (κ1) is 13.5. The van der Waals surface area contributed by atoms with Crippen LogP contribution in [0.1, 0.15) is 0 Å². The Bertz CT molecular complexity index is 241. The third-order valence-electron chi connectivity index (χ3n) is 1.41. The summed E-state index contributed by atoms with van der Waals surface area (Å²) in [6.07, 6.45) is -4.27. The quantitative estimate of drug-likeness (QED) is 0.487. The molecule has 0 amide bonds. The molecule has 0 aliphatic rings. The van der Waals surface area contributed by atoms with Crippen LogP contribution in [0.3, 0.4) is 0 Å². The molecule has 1 atom stereocenters. The van der Waals surface area contributed by atoms with E-state index < -0.39 is 20.3 Å². The van der Waals surface area contributed by atoms with Gasteiger partial charge in [0, 0.05) is 0 Å². The summed E-state index contributed by atoms with van der Waals surface area (Å²) in [6, 6.07) is -1.64. The predicted molar refractivity (Wildman–Crippen MR) is 54.7 cm³/mol. The van der Waals surface area contributed by atoms with Gasteiger partial charge in [0.25, 0.3) is 0 Å². The van der Waals surface area contributed by atoms with Crippen molar-refractivity contribution in [2.45, 2.75) is 31.9 Å². The lowest BCUT2D eigenvalue weighted by Crippen LogP contribution is -2.40. The van der Waals surface area contributed by atoms with Gasteiger partial charge in [0.15, 0.2) is 6.04 Å². The zero-order valence-corrected chi connectivity index (χ0v) is 10.2. The molecule has 0 rings (SSSR count). The average Bonchev–Trinajstić information content (AvgIpc) is 1.79. The molecule has 0 aliphatic carbocycles. The minimum absolute atomic E-state index is 1.09. The number of hydrogen-bond donors (Lipinski definition) is 0. The molecular formula is C9H16F3NSi. The van der Waals surface area contributed by atoms with E-state index in [-0.39, 0.29) is 0 Å². The molecule has 0 aromatic heterocycles. The molecule has 0 radical (unpaired) electrons. The van der Waals surface area contributed by atoms with E-state index in [4.69, 9.17) is 0 Å². The molecule has 5 heteroatoms. The Morgan fingerprint density at radius 1 is 1.14 bits per heavy atom. The van der Waals surface area contributed by atoms with Crippen molar-refractivity contribution in [1.82, 2.24) is 4.90 Å². The van der Waals surface area contributed by atoms with Gasteiger partial charge in [0.05, 0.1) is 0 Å². The minimum Gasteiger partial charge on any atom is -0.288 e. The molecule has 14 heavy (non-hydrogen) atoms. The second kappa shape index (κ2) is 4.37. The van der Waals surface area contributed by atoms with E-state index in [2.05, 4.69) is 11.5 Å². The summed E-state index contributed by atoms with van der Waals surface area (Å²) >= 11 is 0. The largest absolute Gasteiger partial charge is 0.415 e. The van der Waals surface area contributed by atoms with Crippen LogP contribution in [0.2, 0.25) is 19.6 Å². The van der Waals surface area contributed by atoms with Gasteiger partial charge in [-0.25, -0.2) is 0 Å². The van der Waals surface area contributed by atoms with Crippen LogP contribution in [0.4, 0.5) is 13.2 Å². The lowest BCUT2D eigenvalue weighted by molar-refractivity contribution is -0.161. The normalized spacial score (nSPS) is 14.9. The van der Waals surface area contributed by atoms with E-state index in [1.165, 1.54) is 14.1 Å². The van der Waals surface area contributed by atoms with E-state index in [1.807, 2.05) is 19.6 Å². The van der Waals surface area contributed by atoms with Crippen molar-refractivity contribution in [1.29, 1.82) is 0 Å². The highest BCUT2D eigenvalue weighted by atomic mass is 28.3. The fourth-order valence-electron chi connectivity index (χ4n) is 0.789. The van der Waals surface area contributed by atoms with E-state index in [9.17, 15) is 13.2 Å². The zero-order chi connectivity index (χ0) is 11.6. The maximum atomic E-state index is 12.4. The second-order valence-corrected chi connectivity index (χ2v) is 9.18. The SMILES string of the molecule is CN(C)C(C#C[Si](C)(C)C)C(F)(F)F. The van der Waals surface area contributed by atoms with Crippen molar-refractivity contribution in [3.8, 4) is 11.5 Å². The molecule has 1 nitrogen and oxygen atoms in total. The standard InChI is InChI=1S/C9H16F3NSi/c1-13(2)8(9(10,11)12)6-7-14(3,4)5/h8H,1-5H3. The van der Waals surface area contributed by atoms with Gasteiger partial charge in [-0.05, 0) is 14.1 Å². The lowest BCUT2D eigenvalue weighted by Gasteiger charge is -2.22. The summed E-state index contributed by atoms with van der Waals surface area (Å²) in [4.78, 5) is 1.09. The molecule has 0 saturated heterocycles. The Kier molecular flexibility index (Phi) is 4.22. The first-order valence-corrected chi connectivity index (χ1v) is 7.80. The summed E-state index contributed by atoms with van der Waals surface area (Å²) in [5.74, 6) is 2.31. The lowest BCUT2D eigenvalue weighted by atomic mass is 10.3. The Balaban J connectivity index is 4.78. The maximum absolute atomic E-state index is 12.4. The smallest absolute Gasteiger partial charge is 0.288 e. The monoisotopic (exact) mass is 223 g/mol. The van der Waals surface area contributed by atoms with Gasteiger partial charge in [-0.3, -0.25) is 4.90 Å². The molecule has 0 spiro atoms. The van der Waals surface area contributed by atoms with Crippen molar-refractivity contribution in [2.75, 3.05) is 14.1 Å². The van der Waals surface area contributed by atoms with Gasteiger partial charge in [-0.2, -0.15) is 13.2 Å². The fraction of sp³-hybridized carbons (Fsp3) is 0.778. The molecule has 82 valence electrons. The molecule has 0 saturated carbocycles. The van der Waals surface area contributed by atoms with Crippen LogP contribution in [0.5, 0.6) is 0 Å². The molecule has 0 N–H and O–H groups in total. The molecule has 0 heterocycles. The average molecular weight is 223 g/mol. The Morgan fingerprint density at radius 2 is 1.57 bits per heavy atom. The van der Waals surface area contributed by atoms with E-state index in [1.54, 1.807) is 0 Å². The van der Waals surface area contributed by atoms with Crippen LogP contribution < -0.4 is 0 Å². The Labute approximate surface area is 84.3 Å². The van der Waals surface area contributed by atoms with Gasteiger partial charge >= 0.3 is 6.18 Å². The van der Waals surface area contributed by atoms with Crippen molar-refractivity contribution in [3.05, 3.63) is 0 Å². The molecule has 1 unspecified atom stereocenters. The van der Waals surface area contributed by atoms with Gasteiger partial charge in [0.1, 0.15) is 8.07 Å². The minimum atomic E-state index is -4.27. The summed E-state index contributed by atoms with van der Waals surface area (Å²) in [7, 11) is 1.04. The highest BCUT2D eigenvalue weighted by molar-refractivity contribution is 6.83. The predicted octanol–water partition coefficient (Wildman–Crippen LogP) is 2.36. The topological polar surface area (TPSA) is 3.24 Å². The van der Waals surface area contributed by atoms with Gasteiger partial charge in [-0.15, -0.1) is 5.54 Å². The number of hydrogen-bond acceptors (Lipinski definition) is 1. The van der Waals surface area contributed by atoms with Crippen molar-refractivity contribution < 1.29 is 13.2 Å². The molecule has 0 aromatic rings. The van der Waals surface area contributed by atoms with E-state index in [0.29, 0.717) is 0 Å². The van der Waals surface area contributed by atoms with E-state index >= 15 is 0 Å². The highest BCUT2D eigenvalue weighted by Crippen LogP contribution is 2.22. The summed E-state index contributed by atoms with van der Waals surface area (Å²) < 4.78 is 37.3. The second-order valence-electron chi connectivity index (χ2n) is 4.43. The number of halogens is 3. The van der Waals surface area contributed by atoms with Crippen LogP contribution in [0, 0.1) is 11.5 Å². The zero-order valence-electron chi connectivity index (χ0n) is 9.16. The number of nitrogens with zero attached hydrogens (tertiary/aromatic N) is 1. The summed E-state index contributed by atoms with van der Waals surface area (Å²) in [5, 5.41) is 0. The first-order valence-electron chi connectivity index (χ1n) is 4.30. The maximum Gasteiger partial charge on any atom is 0.415 e. The molecule has 0 fully saturated rings. The number of alkyl halides is 3. The van der Waals surface area contributed by atoms with Crippen molar-refractivity contribution in [2.24, 2.45) is 0 Å². The Hall–Kier alpha value is -0.473. The molecular weight excluding hydrogens is 207 g/mol. The van der Waals surface area contributed by atoms with Gasteiger partial charge in [-0.1, -0.05) is 25.6 Å². The van der Waals surface area contributed by atoms with Gasteiger partial charge in [0.2, 0.25) is 0 Å². The van der Waals surface area contributed by atoms with Crippen LogP contribution in [0.25, 0.3) is 0 Å². The van der Waals surface area contributed by atoms with Gasteiger partial charge < -0.3 is 0 Å². The molecule has 0 bridgehead atoms. The third-order valence-corrected chi connectivity index (χ3v) is 2.30. The highest BCUT2D eigenvalue weighted by Gasteiger charge is 2.40. The third kappa shape index (κ3) is 5.30. The molecule has 0 aliphatic heterocycles. The van der Waals surface area contributed by atoms with Crippen LogP contribution in [-0.2, 0) is 0 Å². The summed E-state index contributed by atoms with van der Waals surface area (Å²) in [6.45, 7) is 5.76. The van der Waals surface area contributed by atoms with Crippen LogP contribution >= 0.6 is 0 Å². The number of rotatable bonds is 1. The van der Waals surface area contributed by atoms with Crippen LogP contribution in [-0.4, -0.2) is 39.3 Å². The van der Waals surface area contributed by atoms with Crippen molar-refractivity contribution >= 4 is 8.07 Å². The van der Waals surface area contributed by atoms with Crippen LogP contribution in [0.15, 0.2) is 0 Å². The summed E-state index contributed by atoms with van der Waals surface area (Å²) in [5.41, 5.74) is 2.74. The Morgan fingerprint density at radius 3 is 1.79 bits per heavy atom.